The molecule has 0 saturated carbocycles. The average Bonchev–Trinajstić information content (AvgIpc) is 2.83. The van der Waals surface area contributed by atoms with Crippen LogP contribution >= 0.6 is 0 Å². The molecule has 0 fully saturated rings. The van der Waals surface area contributed by atoms with Crippen molar-refractivity contribution in [1.82, 2.24) is 19.6 Å². The van der Waals surface area contributed by atoms with Crippen LogP contribution < -0.4 is 0 Å². The van der Waals surface area contributed by atoms with Crippen LogP contribution in [0.3, 0.4) is 0 Å². The minimum Gasteiger partial charge on any atom is -0.409 e. The fourth-order valence-electron chi connectivity index (χ4n) is 3.09. The molecule has 0 rings (SSSR count). The molecule has 0 aliphatic carbocycles. The number of likely N-dealkylation sites (N-methyl/N-ethyl adjacent to an activating group) is 4. The Morgan fingerprint density at radius 1 is 0.394 bits per heavy atom. The first kappa shape index (κ1) is 35.2. The second-order valence-corrected chi connectivity index (χ2v) is 6.38. The molecule has 13 heteroatoms. The number of nitrogens with zero attached hydrogens (tertiary/aromatic N) is 8. The van der Waals surface area contributed by atoms with Crippen LogP contribution in [-0.2, 0) is 16.5 Å². The van der Waals surface area contributed by atoms with Crippen molar-refractivity contribution in [3.63, 3.8) is 0 Å². The summed E-state index contributed by atoms with van der Waals surface area (Å²) >= 11 is 0. The fourth-order valence-corrected chi connectivity index (χ4v) is 3.09. The summed E-state index contributed by atoms with van der Waals surface area (Å²) < 4.78 is 0. The third-order valence-electron chi connectivity index (χ3n) is 5.03. The molecule has 33 heavy (non-hydrogen) atoms. The molecule has 0 radical (unpaired) electrons. The molecule has 0 saturated heterocycles. The summed E-state index contributed by atoms with van der Waals surface area (Å²) in [5.74, 6) is 1.21. The van der Waals surface area contributed by atoms with E-state index < -0.39 is 0 Å². The molecular formula is C20H44N8NiO4. The van der Waals surface area contributed by atoms with E-state index in [-0.39, 0.29) is 16.5 Å². The average molecular weight is 519 g/mol. The van der Waals surface area contributed by atoms with Gasteiger partial charge in [-0.1, -0.05) is 20.6 Å². The van der Waals surface area contributed by atoms with Crippen molar-refractivity contribution < 1.29 is 37.3 Å². The van der Waals surface area contributed by atoms with Crippen molar-refractivity contribution in [2.24, 2.45) is 20.6 Å². The van der Waals surface area contributed by atoms with Gasteiger partial charge in [-0.2, -0.15) is 0 Å². The zero-order valence-electron chi connectivity index (χ0n) is 21.3. The summed E-state index contributed by atoms with van der Waals surface area (Å²) in [5.41, 5.74) is 0. The quantitative estimate of drug-likeness (QED) is 0.126. The monoisotopic (exact) mass is 518 g/mol. The molecule has 4 N–H and O–H groups in total. The van der Waals surface area contributed by atoms with E-state index >= 15 is 0 Å². The van der Waals surface area contributed by atoms with Crippen molar-refractivity contribution in [3.05, 3.63) is 0 Å². The third kappa shape index (κ3) is 10.8. The fraction of sp³-hybridized carbons (Fsp3) is 0.800. The Morgan fingerprint density at radius 2 is 0.515 bits per heavy atom. The predicted molar refractivity (Wildman–Crippen MR) is 129 cm³/mol. The number of hydrogen-bond acceptors (Lipinski definition) is 8. The maximum Gasteiger partial charge on any atom is 0.214 e. The van der Waals surface area contributed by atoms with Gasteiger partial charge < -0.3 is 40.4 Å². The number of oxime groups is 4. The molecule has 0 aliphatic rings. The summed E-state index contributed by atoms with van der Waals surface area (Å²) in [6.07, 6.45) is 0. The Hall–Kier alpha value is -2.43. The first-order chi connectivity index (χ1) is 15.4. The van der Waals surface area contributed by atoms with E-state index in [4.69, 9.17) is 20.8 Å². The van der Waals surface area contributed by atoms with Crippen LogP contribution in [0.15, 0.2) is 20.6 Å². The van der Waals surface area contributed by atoms with Crippen molar-refractivity contribution in [3.8, 4) is 0 Å². The van der Waals surface area contributed by atoms with E-state index in [0.29, 0.717) is 75.7 Å². The Labute approximate surface area is 208 Å². The minimum atomic E-state index is 0. The van der Waals surface area contributed by atoms with Gasteiger partial charge in [0.2, 0.25) is 23.3 Å². The van der Waals surface area contributed by atoms with Crippen LogP contribution in [0, 0.1) is 0 Å². The summed E-state index contributed by atoms with van der Waals surface area (Å²) in [4.78, 5) is 7.31. The minimum absolute atomic E-state index is 0. The number of amidine groups is 4. The maximum atomic E-state index is 9.03. The van der Waals surface area contributed by atoms with Crippen molar-refractivity contribution >= 4 is 23.3 Å². The van der Waals surface area contributed by atoms with Gasteiger partial charge in [-0.3, -0.25) is 0 Å². The van der Waals surface area contributed by atoms with Crippen LogP contribution in [0.1, 0.15) is 55.4 Å². The summed E-state index contributed by atoms with van der Waals surface area (Å²) in [6.45, 7) is 21.1. The Bertz CT molecular complexity index is 497. The van der Waals surface area contributed by atoms with Gasteiger partial charge in [-0.05, 0) is 55.4 Å². The second kappa shape index (κ2) is 21.4. The molecule has 0 aromatic carbocycles. The van der Waals surface area contributed by atoms with E-state index in [1.54, 1.807) is 0 Å². The molecule has 12 nitrogen and oxygen atoms in total. The molecule has 0 aromatic heterocycles. The van der Waals surface area contributed by atoms with Gasteiger partial charge in [-0.15, -0.1) is 0 Å². The molecule has 0 amide bonds. The first-order valence-corrected chi connectivity index (χ1v) is 11.3. The second-order valence-electron chi connectivity index (χ2n) is 6.38. The standard InChI is InChI=1S/2C10H22N4O2.Ni/c2*1-5-13(6-2)9(11-15)10(12-16)14(7-3)8-4;/h2*15-16H,5-8H2,1-4H3;. The Balaban J connectivity index is -0.000000529. The molecule has 0 aromatic rings. The van der Waals surface area contributed by atoms with E-state index in [9.17, 15) is 0 Å². The zero-order chi connectivity index (χ0) is 25.1. The maximum absolute atomic E-state index is 9.03. The number of rotatable bonds is 8. The van der Waals surface area contributed by atoms with E-state index in [0.717, 1.165) is 0 Å². The SMILES string of the molecule is CCN(CC)C(=NO)C(=NO)N(CC)CC.CCN(CC)C(=NO)C(=NO)N(CC)CC.[Ni]. The summed E-state index contributed by atoms with van der Waals surface area (Å²) in [6, 6.07) is 0. The molecule has 0 spiro atoms. The Morgan fingerprint density at radius 3 is 0.576 bits per heavy atom. The van der Waals surface area contributed by atoms with Crippen molar-refractivity contribution in [2.45, 2.75) is 55.4 Å². The van der Waals surface area contributed by atoms with Gasteiger partial charge in [0.05, 0.1) is 0 Å². The van der Waals surface area contributed by atoms with Gasteiger partial charge in [0.25, 0.3) is 0 Å². The molecule has 198 valence electrons. The van der Waals surface area contributed by atoms with Gasteiger partial charge >= 0.3 is 0 Å². The van der Waals surface area contributed by atoms with E-state index in [1.807, 2.05) is 75.0 Å². The van der Waals surface area contributed by atoms with Crippen molar-refractivity contribution in [1.29, 1.82) is 0 Å². The van der Waals surface area contributed by atoms with Gasteiger partial charge in [-0.25, -0.2) is 0 Å². The topological polar surface area (TPSA) is 143 Å². The zero-order valence-corrected chi connectivity index (χ0v) is 22.3. The molecule has 0 aliphatic heterocycles. The van der Waals surface area contributed by atoms with Crippen LogP contribution in [0.4, 0.5) is 0 Å². The predicted octanol–water partition coefficient (Wildman–Crippen LogP) is 2.49. The smallest absolute Gasteiger partial charge is 0.214 e. The van der Waals surface area contributed by atoms with Crippen LogP contribution in [0.2, 0.25) is 0 Å². The summed E-state index contributed by atoms with van der Waals surface area (Å²) in [5, 5.41) is 49.0. The van der Waals surface area contributed by atoms with E-state index in [2.05, 4.69) is 20.6 Å². The van der Waals surface area contributed by atoms with Crippen molar-refractivity contribution in [2.75, 3.05) is 52.4 Å². The molecule has 0 bridgehead atoms. The third-order valence-corrected chi connectivity index (χ3v) is 5.03. The molecule has 0 atom stereocenters. The first-order valence-electron chi connectivity index (χ1n) is 11.3. The number of hydrogen-bond donors (Lipinski definition) is 4. The summed E-state index contributed by atoms with van der Waals surface area (Å²) in [7, 11) is 0. The van der Waals surface area contributed by atoms with Crippen LogP contribution in [0.5, 0.6) is 0 Å². The largest absolute Gasteiger partial charge is 0.409 e. The van der Waals surface area contributed by atoms with Gasteiger partial charge in [0.1, 0.15) is 0 Å². The molecule has 0 heterocycles. The Kier molecular flexibility index (Phi) is 22.8. The molecule has 0 unspecified atom stereocenters. The normalized spacial score (nSPS) is 12.4. The van der Waals surface area contributed by atoms with E-state index in [1.165, 1.54) is 0 Å². The molecular weight excluding hydrogens is 475 g/mol. The van der Waals surface area contributed by atoms with Gasteiger partial charge in [0, 0.05) is 68.8 Å². The van der Waals surface area contributed by atoms with Crippen LogP contribution in [-0.4, -0.2) is 116 Å². The van der Waals surface area contributed by atoms with Crippen LogP contribution in [0.25, 0.3) is 0 Å². The van der Waals surface area contributed by atoms with Gasteiger partial charge in [0.15, 0.2) is 0 Å².